The van der Waals surface area contributed by atoms with E-state index in [-0.39, 0.29) is 0 Å². The monoisotopic (exact) mass is 319 g/mol. The van der Waals surface area contributed by atoms with E-state index >= 15 is 0 Å². The maximum atomic E-state index is 4.88. The molecule has 1 heteroatoms. The van der Waals surface area contributed by atoms with Crippen molar-refractivity contribution < 1.29 is 0 Å². The highest BCUT2D eigenvalue weighted by molar-refractivity contribution is 6.03. The van der Waals surface area contributed by atoms with Crippen LogP contribution >= 0.6 is 0 Å². The van der Waals surface area contributed by atoms with Crippen LogP contribution in [0.1, 0.15) is 40.2 Å². The zero-order valence-corrected chi connectivity index (χ0v) is 16.0. The summed E-state index contributed by atoms with van der Waals surface area (Å²) in [6.07, 6.45) is 4.20. The first-order valence-electron chi connectivity index (χ1n) is 8.19. The summed E-state index contributed by atoms with van der Waals surface area (Å²) in [5, 5.41) is 2.00. The fraction of sp³-hybridized carbons (Fsp3) is 0.261. The van der Waals surface area contributed by atoms with Crippen LogP contribution in [0.2, 0.25) is 0 Å². The summed E-state index contributed by atoms with van der Waals surface area (Å²) < 4.78 is 0. The molecule has 0 amide bonds. The minimum atomic E-state index is 0.891. The van der Waals surface area contributed by atoms with Gasteiger partial charge in [-0.1, -0.05) is 55.2 Å². The Morgan fingerprint density at radius 3 is 2.17 bits per heavy atom. The van der Waals surface area contributed by atoms with E-state index in [9.17, 15) is 0 Å². The second kappa shape index (κ2) is 8.44. The van der Waals surface area contributed by atoms with Gasteiger partial charge in [-0.3, -0.25) is 4.99 Å². The van der Waals surface area contributed by atoms with Gasteiger partial charge in [-0.25, -0.2) is 0 Å². The van der Waals surface area contributed by atoms with Gasteiger partial charge in [0.05, 0.1) is 5.70 Å². The van der Waals surface area contributed by atoms with E-state index in [1.54, 1.807) is 0 Å². The van der Waals surface area contributed by atoms with Gasteiger partial charge in [0.15, 0.2) is 0 Å². The molecule has 0 spiro atoms. The number of hydrogen-bond donors (Lipinski definition) is 0. The van der Waals surface area contributed by atoms with E-state index in [0.717, 1.165) is 44.1 Å². The van der Waals surface area contributed by atoms with Crippen molar-refractivity contribution in [3.8, 4) is 0 Å². The second-order valence-corrected chi connectivity index (χ2v) is 6.34. The zero-order valence-electron chi connectivity index (χ0n) is 16.0. The largest absolute Gasteiger partial charge is 0.252 e. The summed E-state index contributed by atoms with van der Waals surface area (Å²) in [6, 6.07) is 6.21. The van der Waals surface area contributed by atoms with Gasteiger partial charge in [0.2, 0.25) is 0 Å². The Kier molecular flexibility index (Phi) is 6.91. The molecule has 1 nitrogen and oxygen atoms in total. The van der Waals surface area contributed by atoms with E-state index in [1.807, 2.05) is 33.8 Å². The lowest BCUT2D eigenvalue weighted by molar-refractivity contribution is 1.33. The fourth-order valence-electron chi connectivity index (χ4n) is 2.28. The summed E-state index contributed by atoms with van der Waals surface area (Å²) in [5.74, 6) is 0. The zero-order chi connectivity index (χ0) is 18.4. The smallest absolute Gasteiger partial charge is 0.0734 e. The predicted octanol–water partition coefficient (Wildman–Crippen LogP) is 5.02. The summed E-state index contributed by atoms with van der Waals surface area (Å²) in [4.78, 5) is 4.88. The van der Waals surface area contributed by atoms with Gasteiger partial charge in [0, 0.05) is 10.9 Å². The van der Waals surface area contributed by atoms with Crippen molar-refractivity contribution in [1.82, 2.24) is 0 Å². The van der Waals surface area contributed by atoms with Crippen molar-refractivity contribution in [2.24, 2.45) is 4.99 Å². The van der Waals surface area contributed by atoms with Crippen molar-refractivity contribution in [2.45, 2.75) is 41.5 Å². The molecule has 0 aliphatic rings. The summed E-state index contributed by atoms with van der Waals surface area (Å²) >= 11 is 0. The number of rotatable bonds is 5. The summed E-state index contributed by atoms with van der Waals surface area (Å²) in [6.45, 7) is 24.4. The number of hydrogen-bond acceptors (Lipinski definition) is 1. The maximum Gasteiger partial charge on any atom is 0.0734 e. The molecule has 1 aromatic rings. The molecule has 0 unspecified atom stereocenters. The Hall–Kier alpha value is -2.41. The Labute approximate surface area is 146 Å². The standard InChI is InChI=1S/C23H29N/c1-10-21(14-19(8)15(2)3)20(9)24-23(16(4)5)22-13-17(6)11-12-18(22)7/h10-14H,2,4,7H2,1,3,5-6,8-9H3/b19-14-,21-10+,23-22-,24-20+. The molecule has 0 saturated carbocycles. The van der Waals surface area contributed by atoms with Gasteiger partial charge in [0.1, 0.15) is 0 Å². The molecular formula is C23H29N. The van der Waals surface area contributed by atoms with E-state index in [2.05, 4.69) is 57.9 Å². The molecule has 0 bridgehead atoms. The van der Waals surface area contributed by atoms with Crippen LogP contribution in [0.5, 0.6) is 0 Å². The third-order valence-electron chi connectivity index (χ3n) is 3.98. The average Bonchev–Trinajstić information content (AvgIpc) is 2.51. The molecule has 0 radical (unpaired) electrons. The van der Waals surface area contributed by atoms with Crippen LogP contribution in [0.3, 0.4) is 0 Å². The lowest BCUT2D eigenvalue weighted by Crippen LogP contribution is -2.26. The molecule has 0 aliphatic heterocycles. The van der Waals surface area contributed by atoms with Gasteiger partial charge in [0.25, 0.3) is 0 Å². The summed E-state index contributed by atoms with van der Waals surface area (Å²) in [7, 11) is 0. The second-order valence-electron chi connectivity index (χ2n) is 6.34. The molecule has 126 valence electrons. The molecule has 0 heterocycles. The molecule has 0 fully saturated rings. The third-order valence-corrected chi connectivity index (χ3v) is 3.98. The molecule has 1 aromatic carbocycles. The third kappa shape index (κ3) is 5.06. The minimum Gasteiger partial charge on any atom is -0.252 e. The quantitative estimate of drug-likeness (QED) is 0.534. The van der Waals surface area contributed by atoms with Crippen LogP contribution in [0.25, 0.3) is 12.3 Å². The SMILES string of the molecule is C=C(C)\C(C)=C/C(=C\C)C(/C)=N/C(C(=C)C)=c1/cc(C)ccc1=C. The first-order chi connectivity index (χ1) is 11.2. The first kappa shape index (κ1) is 19.6. The van der Waals surface area contributed by atoms with Crippen LogP contribution in [0, 0.1) is 6.92 Å². The Balaban J connectivity index is 3.60. The topological polar surface area (TPSA) is 12.4 Å². The molecule has 24 heavy (non-hydrogen) atoms. The molecule has 0 atom stereocenters. The fourth-order valence-corrected chi connectivity index (χ4v) is 2.28. The average molecular weight is 319 g/mol. The van der Waals surface area contributed by atoms with Crippen LogP contribution in [-0.4, -0.2) is 5.71 Å². The minimum absolute atomic E-state index is 0.891. The highest BCUT2D eigenvalue weighted by atomic mass is 14.8. The number of benzene rings is 1. The van der Waals surface area contributed by atoms with Crippen molar-refractivity contribution in [3.63, 3.8) is 0 Å². The Morgan fingerprint density at radius 1 is 1.04 bits per heavy atom. The normalized spacial score (nSPS) is 14.5. The summed E-state index contributed by atoms with van der Waals surface area (Å²) in [5.41, 5.74) is 7.27. The Morgan fingerprint density at radius 2 is 1.67 bits per heavy atom. The first-order valence-corrected chi connectivity index (χ1v) is 8.19. The van der Waals surface area contributed by atoms with E-state index in [4.69, 9.17) is 4.99 Å². The van der Waals surface area contributed by atoms with E-state index < -0.39 is 0 Å². The number of nitrogens with zero attached hydrogens (tertiary/aromatic N) is 1. The van der Waals surface area contributed by atoms with Gasteiger partial charge < -0.3 is 0 Å². The molecule has 1 rings (SSSR count). The van der Waals surface area contributed by atoms with Crippen LogP contribution in [0.4, 0.5) is 0 Å². The lowest BCUT2D eigenvalue weighted by Gasteiger charge is -2.08. The lowest BCUT2D eigenvalue weighted by atomic mass is 10.0. The van der Waals surface area contributed by atoms with Gasteiger partial charge in [-0.2, -0.15) is 0 Å². The Bertz CT molecular complexity index is 858. The van der Waals surface area contributed by atoms with Gasteiger partial charge in [-0.15, -0.1) is 0 Å². The number of aryl methyl sites for hydroxylation is 1. The van der Waals surface area contributed by atoms with E-state index in [1.165, 1.54) is 5.56 Å². The van der Waals surface area contributed by atoms with Crippen molar-refractivity contribution in [1.29, 1.82) is 0 Å². The molecule has 0 N–H and O–H groups in total. The molecular weight excluding hydrogens is 290 g/mol. The van der Waals surface area contributed by atoms with Crippen LogP contribution in [0.15, 0.2) is 70.8 Å². The molecule has 0 aromatic heterocycles. The highest BCUT2D eigenvalue weighted by Crippen LogP contribution is 2.15. The number of aliphatic imine (C=N–C) groups is 1. The van der Waals surface area contributed by atoms with Gasteiger partial charge in [-0.05, 0) is 69.5 Å². The molecule has 0 aliphatic carbocycles. The van der Waals surface area contributed by atoms with Crippen molar-refractivity contribution >= 4 is 18.0 Å². The van der Waals surface area contributed by atoms with Crippen LogP contribution in [-0.2, 0) is 0 Å². The van der Waals surface area contributed by atoms with Crippen molar-refractivity contribution in [3.05, 3.63) is 81.8 Å². The van der Waals surface area contributed by atoms with Gasteiger partial charge >= 0.3 is 0 Å². The highest BCUT2D eigenvalue weighted by Gasteiger charge is 2.04. The molecule has 0 saturated heterocycles. The van der Waals surface area contributed by atoms with Crippen molar-refractivity contribution in [2.75, 3.05) is 0 Å². The number of allylic oxidation sites excluding steroid dienone is 5. The maximum absolute atomic E-state index is 4.88. The predicted molar refractivity (Wildman–Crippen MR) is 110 cm³/mol. The van der Waals surface area contributed by atoms with E-state index in [0.29, 0.717) is 0 Å². The van der Waals surface area contributed by atoms with Crippen LogP contribution < -0.4 is 10.4 Å².